The summed E-state index contributed by atoms with van der Waals surface area (Å²) >= 11 is 0. The molecule has 1 amide bonds. The van der Waals surface area contributed by atoms with Gasteiger partial charge in [-0.2, -0.15) is 0 Å². The van der Waals surface area contributed by atoms with Crippen LogP contribution in [0.2, 0.25) is 0 Å². The minimum absolute atomic E-state index is 0.159. The summed E-state index contributed by atoms with van der Waals surface area (Å²) < 4.78 is 5.35. The number of fused-ring (bicyclic) bond motifs is 1. The average molecular weight is 245 g/mol. The van der Waals surface area contributed by atoms with Crippen molar-refractivity contribution in [3.63, 3.8) is 0 Å². The third-order valence-electron chi connectivity index (χ3n) is 4.40. The molecule has 3 heteroatoms. The van der Waals surface area contributed by atoms with Gasteiger partial charge in [-0.25, -0.2) is 4.79 Å². The van der Waals surface area contributed by atoms with Gasteiger partial charge in [-0.05, 0) is 29.7 Å². The lowest BCUT2D eigenvalue weighted by atomic mass is 9.98. The first-order valence-electron chi connectivity index (χ1n) is 6.63. The first-order valence-corrected chi connectivity index (χ1v) is 6.63. The molecular formula is C15H19NO2. The van der Waals surface area contributed by atoms with Crippen molar-refractivity contribution in [3.8, 4) is 0 Å². The van der Waals surface area contributed by atoms with Crippen molar-refractivity contribution >= 4 is 6.09 Å². The summed E-state index contributed by atoms with van der Waals surface area (Å²) in [5.74, 6) is 0.704. The minimum atomic E-state index is -0.159. The Hall–Kier alpha value is -1.51. The lowest BCUT2D eigenvalue weighted by molar-refractivity contribution is 0.0824. The van der Waals surface area contributed by atoms with Gasteiger partial charge in [0, 0.05) is 13.1 Å². The highest BCUT2D eigenvalue weighted by atomic mass is 16.6. The number of rotatable bonds is 2. The second kappa shape index (κ2) is 4.30. The topological polar surface area (TPSA) is 29.5 Å². The summed E-state index contributed by atoms with van der Waals surface area (Å²) in [7, 11) is 0. The highest BCUT2D eigenvalue weighted by Crippen LogP contribution is 2.57. The van der Waals surface area contributed by atoms with Crippen molar-refractivity contribution in [2.45, 2.75) is 26.4 Å². The molecule has 1 heterocycles. The fourth-order valence-electron chi connectivity index (χ4n) is 2.82. The molecule has 0 radical (unpaired) electrons. The molecule has 2 aliphatic rings. The molecule has 0 bridgehead atoms. The van der Waals surface area contributed by atoms with E-state index in [2.05, 4.69) is 6.92 Å². The highest BCUT2D eigenvalue weighted by molar-refractivity contribution is 5.68. The molecule has 0 spiro atoms. The molecule has 1 saturated heterocycles. The zero-order chi connectivity index (χ0) is 12.6. The van der Waals surface area contributed by atoms with Gasteiger partial charge in [0.15, 0.2) is 0 Å². The number of ether oxygens (including phenoxy) is 1. The Kier molecular flexibility index (Phi) is 2.77. The molecule has 2 unspecified atom stereocenters. The molecule has 18 heavy (non-hydrogen) atoms. The van der Waals surface area contributed by atoms with Crippen molar-refractivity contribution in [2.75, 3.05) is 13.1 Å². The zero-order valence-electron chi connectivity index (χ0n) is 10.8. The van der Waals surface area contributed by atoms with Gasteiger partial charge in [-0.15, -0.1) is 0 Å². The Labute approximate surface area is 108 Å². The molecule has 1 aromatic carbocycles. The molecule has 2 atom stereocenters. The maximum atomic E-state index is 11.9. The summed E-state index contributed by atoms with van der Waals surface area (Å²) in [5, 5.41) is 0. The van der Waals surface area contributed by atoms with E-state index in [4.69, 9.17) is 4.74 Å². The Balaban J connectivity index is 1.50. The van der Waals surface area contributed by atoms with E-state index in [1.807, 2.05) is 35.2 Å². The predicted octanol–water partition coefficient (Wildman–Crippen LogP) is 3.06. The van der Waals surface area contributed by atoms with E-state index in [1.54, 1.807) is 0 Å². The van der Waals surface area contributed by atoms with E-state index in [0.29, 0.717) is 17.9 Å². The van der Waals surface area contributed by atoms with Crippen LogP contribution in [0.1, 0.15) is 25.3 Å². The fraction of sp³-hybridized carbons (Fsp3) is 0.533. The fourth-order valence-corrected chi connectivity index (χ4v) is 2.82. The second-order valence-corrected chi connectivity index (χ2v) is 5.79. The maximum absolute atomic E-state index is 11.9. The SMILES string of the molecule is CC12CCN(C(=O)OCc3ccccc3)CC1C2. The van der Waals surface area contributed by atoms with Gasteiger partial charge in [0.25, 0.3) is 0 Å². The largest absolute Gasteiger partial charge is 0.445 e. The average Bonchev–Trinajstić information content (AvgIpc) is 3.07. The van der Waals surface area contributed by atoms with Gasteiger partial charge >= 0.3 is 6.09 Å². The molecule has 1 aliphatic carbocycles. The molecule has 96 valence electrons. The van der Waals surface area contributed by atoms with E-state index in [1.165, 1.54) is 6.42 Å². The summed E-state index contributed by atoms with van der Waals surface area (Å²) in [6.45, 7) is 4.42. The molecule has 0 N–H and O–H groups in total. The van der Waals surface area contributed by atoms with Crippen LogP contribution in [-0.4, -0.2) is 24.1 Å². The Morgan fingerprint density at radius 3 is 2.94 bits per heavy atom. The van der Waals surface area contributed by atoms with Gasteiger partial charge in [-0.1, -0.05) is 37.3 Å². The number of nitrogens with zero attached hydrogens (tertiary/aromatic N) is 1. The van der Waals surface area contributed by atoms with Crippen LogP contribution in [0.25, 0.3) is 0 Å². The van der Waals surface area contributed by atoms with Crippen LogP contribution in [0.5, 0.6) is 0 Å². The molecule has 1 aromatic rings. The van der Waals surface area contributed by atoms with Crippen LogP contribution in [0.3, 0.4) is 0 Å². The van der Waals surface area contributed by atoms with Crippen molar-refractivity contribution in [3.05, 3.63) is 35.9 Å². The van der Waals surface area contributed by atoms with Crippen molar-refractivity contribution < 1.29 is 9.53 Å². The highest BCUT2D eigenvalue weighted by Gasteiger charge is 2.53. The molecule has 2 fully saturated rings. The minimum Gasteiger partial charge on any atom is -0.445 e. The zero-order valence-corrected chi connectivity index (χ0v) is 10.8. The number of benzene rings is 1. The van der Waals surface area contributed by atoms with Gasteiger partial charge in [-0.3, -0.25) is 0 Å². The molecule has 0 aromatic heterocycles. The standard InChI is InChI=1S/C15H19NO2/c1-15-7-8-16(10-13(15)9-15)14(17)18-11-12-5-3-2-4-6-12/h2-6,13H,7-11H2,1H3. The van der Waals surface area contributed by atoms with Gasteiger partial charge in [0.05, 0.1) is 0 Å². The normalized spacial score (nSPS) is 29.6. The van der Waals surface area contributed by atoms with E-state index in [-0.39, 0.29) is 6.09 Å². The molecular weight excluding hydrogens is 226 g/mol. The van der Waals surface area contributed by atoms with Gasteiger partial charge < -0.3 is 9.64 Å². The summed E-state index contributed by atoms with van der Waals surface area (Å²) in [5.41, 5.74) is 1.56. The lowest BCUT2D eigenvalue weighted by Gasteiger charge is -2.29. The molecule has 3 nitrogen and oxygen atoms in total. The number of amides is 1. The van der Waals surface area contributed by atoms with Crippen LogP contribution in [0.15, 0.2) is 30.3 Å². The Morgan fingerprint density at radius 2 is 2.22 bits per heavy atom. The van der Waals surface area contributed by atoms with E-state index in [9.17, 15) is 4.79 Å². The van der Waals surface area contributed by atoms with Crippen LogP contribution >= 0.6 is 0 Å². The third kappa shape index (κ3) is 2.22. The van der Waals surface area contributed by atoms with Crippen LogP contribution in [-0.2, 0) is 11.3 Å². The van der Waals surface area contributed by atoms with Crippen molar-refractivity contribution in [1.29, 1.82) is 0 Å². The lowest BCUT2D eigenvalue weighted by Crippen LogP contribution is -2.39. The predicted molar refractivity (Wildman–Crippen MR) is 69.0 cm³/mol. The van der Waals surface area contributed by atoms with Gasteiger partial charge in [0.1, 0.15) is 6.61 Å². The number of likely N-dealkylation sites (tertiary alicyclic amines) is 1. The van der Waals surface area contributed by atoms with E-state index in [0.717, 1.165) is 25.1 Å². The Bertz CT molecular complexity index is 445. The Morgan fingerprint density at radius 1 is 1.44 bits per heavy atom. The van der Waals surface area contributed by atoms with Crippen LogP contribution in [0, 0.1) is 11.3 Å². The summed E-state index contributed by atoms with van der Waals surface area (Å²) in [6, 6.07) is 9.83. The van der Waals surface area contributed by atoms with E-state index >= 15 is 0 Å². The van der Waals surface area contributed by atoms with Crippen molar-refractivity contribution in [1.82, 2.24) is 4.90 Å². The summed E-state index contributed by atoms with van der Waals surface area (Å²) in [4.78, 5) is 13.8. The number of carbonyl (C=O) groups excluding carboxylic acids is 1. The number of hydrogen-bond donors (Lipinski definition) is 0. The summed E-state index contributed by atoms with van der Waals surface area (Å²) in [6.07, 6.45) is 2.24. The van der Waals surface area contributed by atoms with Crippen LogP contribution < -0.4 is 0 Å². The third-order valence-corrected chi connectivity index (χ3v) is 4.40. The smallest absolute Gasteiger partial charge is 0.410 e. The molecule has 1 aliphatic heterocycles. The quantitative estimate of drug-likeness (QED) is 0.801. The second-order valence-electron chi connectivity index (χ2n) is 5.79. The van der Waals surface area contributed by atoms with Crippen molar-refractivity contribution in [2.24, 2.45) is 11.3 Å². The molecule has 1 saturated carbocycles. The number of hydrogen-bond acceptors (Lipinski definition) is 2. The first kappa shape index (κ1) is 11.6. The molecule has 3 rings (SSSR count). The monoisotopic (exact) mass is 245 g/mol. The number of carbonyl (C=O) groups is 1. The maximum Gasteiger partial charge on any atom is 0.410 e. The number of piperidine rings is 1. The first-order chi connectivity index (χ1) is 8.67. The van der Waals surface area contributed by atoms with Crippen LogP contribution in [0.4, 0.5) is 4.79 Å². The van der Waals surface area contributed by atoms with E-state index < -0.39 is 0 Å². The van der Waals surface area contributed by atoms with Gasteiger partial charge in [0.2, 0.25) is 0 Å².